The number of hydrogen-bond acceptors (Lipinski definition) is 3. The number of hydrogen-bond donors (Lipinski definition) is 0. The van der Waals surface area contributed by atoms with Crippen LogP contribution in [0.2, 0.25) is 0 Å². The number of carbonyl (C=O) groups is 1. The standard InChI is InChI=1S/C16H20F2N2O2/c1-22-13-5-4-12(17)15(18)14(13)16(21)20-8-6-19(7-9-20)10-11-2-3-11/h4-5,11H,2-3,6-10H2,1H3. The monoisotopic (exact) mass is 310 g/mol. The number of ether oxygens (including phenoxy) is 1. The van der Waals surface area contributed by atoms with E-state index in [9.17, 15) is 13.6 Å². The SMILES string of the molecule is COc1ccc(F)c(F)c1C(=O)N1CCN(CC2CC2)CC1. The Balaban J connectivity index is 1.70. The van der Waals surface area contributed by atoms with Crippen LogP contribution in [0, 0.1) is 17.6 Å². The van der Waals surface area contributed by atoms with Gasteiger partial charge in [-0.25, -0.2) is 8.78 Å². The molecule has 6 heteroatoms. The van der Waals surface area contributed by atoms with Crippen LogP contribution in [0.1, 0.15) is 23.2 Å². The summed E-state index contributed by atoms with van der Waals surface area (Å²) in [5.41, 5.74) is -0.307. The van der Waals surface area contributed by atoms with Gasteiger partial charge in [-0.1, -0.05) is 0 Å². The second-order valence-electron chi connectivity index (χ2n) is 5.97. The van der Waals surface area contributed by atoms with Crippen LogP contribution in [0.3, 0.4) is 0 Å². The molecule has 1 saturated carbocycles. The second-order valence-corrected chi connectivity index (χ2v) is 5.97. The van der Waals surface area contributed by atoms with Gasteiger partial charge in [-0.15, -0.1) is 0 Å². The van der Waals surface area contributed by atoms with Gasteiger partial charge in [-0.05, 0) is 30.9 Å². The van der Waals surface area contributed by atoms with Gasteiger partial charge in [-0.3, -0.25) is 9.69 Å². The first-order valence-electron chi connectivity index (χ1n) is 7.63. The zero-order valence-corrected chi connectivity index (χ0v) is 12.6. The molecule has 0 bridgehead atoms. The van der Waals surface area contributed by atoms with Gasteiger partial charge in [0.05, 0.1) is 7.11 Å². The Kier molecular flexibility index (Phi) is 4.29. The van der Waals surface area contributed by atoms with Crippen molar-refractivity contribution < 1.29 is 18.3 Å². The molecule has 1 heterocycles. The summed E-state index contributed by atoms with van der Waals surface area (Å²) in [4.78, 5) is 16.4. The van der Waals surface area contributed by atoms with Crippen molar-refractivity contribution in [3.05, 3.63) is 29.3 Å². The lowest BCUT2D eigenvalue weighted by atomic mass is 10.1. The van der Waals surface area contributed by atoms with E-state index in [4.69, 9.17) is 4.74 Å². The number of benzene rings is 1. The molecule has 0 N–H and O–H groups in total. The lowest BCUT2D eigenvalue weighted by Gasteiger charge is -2.35. The molecule has 1 aromatic rings. The number of piperazine rings is 1. The number of carbonyl (C=O) groups excluding carboxylic acids is 1. The molecule has 3 rings (SSSR count). The molecule has 1 amide bonds. The lowest BCUT2D eigenvalue weighted by molar-refractivity contribution is 0.0623. The number of methoxy groups -OCH3 is 1. The van der Waals surface area contributed by atoms with Gasteiger partial charge in [-0.2, -0.15) is 0 Å². The van der Waals surface area contributed by atoms with Crippen molar-refractivity contribution in [1.82, 2.24) is 9.80 Å². The predicted molar refractivity (Wildman–Crippen MR) is 78.0 cm³/mol. The molecule has 2 fully saturated rings. The van der Waals surface area contributed by atoms with Crippen LogP contribution in [0.25, 0.3) is 0 Å². The van der Waals surface area contributed by atoms with Crippen LogP contribution in [0.15, 0.2) is 12.1 Å². The largest absolute Gasteiger partial charge is 0.496 e. The first-order valence-corrected chi connectivity index (χ1v) is 7.63. The van der Waals surface area contributed by atoms with Gasteiger partial charge in [0.25, 0.3) is 5.91 Å². The molecule has 0 unspecified atom stereocenters. The van der Waals surface area contributed by atoms with Gasteiger partial charge in [0.2, 0.25) is 0 Å². The maximum atomic E-state index is 14.0. The predicted octanol–water partition coefficient (Wildman–Crippen LogP) is 2.14. The maximum absolute atomic E-state index is 14.0. The number of rotatable bonds is 4. The minimum atomic E-state index is -1.13. The van der Waals surface area contributed by atoms with E-state index < -0.39 is 17.5 Å². The molecule has 4 nitrogen and oxygen atoms in total. The van der Waals surface area contributed by atoms with Crippen molar-refractivity contribution in [2.24, 2.45) is 5.92 Å². The first kappa shape index (κ1) is 15.2. The fourth-order valence-electron chi connectivity index (χ4n) is 2.86. The van der Waals surface area contributed by atoms with Crippen LogP contribution < -0.4 is 4.74 Å². The average molecular weight is 310 g/mol. The highest BCUT2D eigenvalue weighted by Gasteiger charge is 2.30. The topological polar surface area (TPSA) is 32.8 Å². The molecule has 22 heavy (non-hydrogen) atoms. The number of nitrogens with zero attached hydrogens (tertiary/aromatic N) is 2. The van der Waals surface area contributed by atoms with Gasteiger partial charge in [0, 0.05) is 32.7 Å². The Morgan fingerprint density at radius 3 is 2.50 bits per heavy atom. The van der Waals surface area contributed by atoms with Crippen molar-refractivity contribution in [1.29, 1.82) is 0 Å². The van der Waals surface area contributed by atoms with E-state index in [-0.39, 0.29) is 11.3 Å². The smallest absolute Gasteiger partial charge is 0.260 e. The highest BCUT2D eigenvalue weighted by atomic mass is 19.2. The summed E-state index contributed by atoms with van der Waals surface area (Å²) in [5.74, 6) is -1.78. The molecule has 1 aliphatic heterocycles. The van der Waals surface area contributed by atoms with E-state index >= 15 is 0 Å². The molecule has 0 radical (unpaired) electrons. The molecule has 120 valence electrons. The Bertz CT molecular complexity index is 568. The van der Waals surface area contributed by atoms with E-state index in [0.717, 1.165) is 31.6 Å². The van der Waals surface area contributed by atoms with Crippen LogP contribution in [-0.2, 0) is 0 Å². The number of amides is 1. The van der Waals surface area contributed by atoms with Crippen molar-refractivity contribution >= 4 is 5.91 Å². The molecule has 0 atom stereocenters. The molecule has 0 aromatic heterocycles. The van der Waals surface area contributed by atoms with Crippen LogP contribution in [-0.4, -0.2) is 55.5 Å². The molecule has 1 aromatic carbocycles. The quantitative estimate of drug-likeness (QED) is 0.854. The molecular weight excluding hydrogens is 290 g/mol. The minimum absolute atomic E-state index is 0.0734. The van der Waals surface area contributed by atoms with Crippen molar-refractivity contribution in [2.75, 3.05) is 39.8 Å². The Morgan fingerprint density at radius 2 is 1.91 bits per heavy atom. The van der Waals surface area contributed by atoms with Gasteiger partial charge >= 0.3 is 0 Å². The fraction of sp³-hybridized carbons (Fsp3) is 0.562. The minimum Gasteiger partial charge on any atom is -0.496 e. The molecule has 2 aliphatic rings. The van der Waals surface area contributed by atoms with Crippen molar-refractivity contribution in [2.45, 2.75) is 12.8 Å². The normalized spacial score (nSPS) is 19.3. The van der Waals surface area contributed by atoms with Gasteiger partial charge in [0.1, 0.15) is 11.3 Å². The summed E-state index contributed by atoms with van der Waals surface area (Å²) in [6.45, 7) is 3.71. The van der Waals surface area contributed by atoms with Gasteiger partial charge in [0.15, 0.2) is 11.6 Å². The summed E-state index contributed by atoms with van der Waals surface area (Å²) >= 11 is 0. The first-order chi connectivity index (χ1) is 10.6. The lowest BCUT2D eigenvalue weighted by Crippen LogP contribution is -2.49. The summed E-state index contributed by atoms with van der Waals surface area (Å²) in [6, 6.07) is 2.26. The van der Waals surface area contributed by atoms with E-state index in [2.05, 4.69) is 4.90 Å². The Labute approximate surface area is 128 Å². The summed E-state index contributed by atoms with van der Waals surface area (Å²) in [5, 5.41) is 0. The van der Waals surface area contributed by atoms with Crippen LogP contribution in [0.5, 0.6) is 5.75 Å². The highest BCUT2D eigenvalue weighted by molar-refractivity contribution is 5.97. The highest BCUT2D eigenvalue weighted by Crippen LogP contribution is 2.30. The van der Waals surface area contributed by atoms with E-state index in [1.165, 1.54) is 26.0 Å². The van der Waals surface area contributed by atoms with E-state index in [1.807, 2.05) is 0 Å². The molecule has 1 saturated heterocycles. The summed E-state index contributed by atoms with van der Waals surface area (Å²) < 4.78 is 32.4. The molecule has 1 aliphatic carbocycles. The Morgan fingerprint density at radius 1 is 1.23 bits per heavy atom. The maximum Gasteiger partial charge on any atom is 0.260 e. The zero-order valence-electron chi connectivity index (χ0n) is 12.6. The zero-order chi connectivity index (χ0) is 15.7. The second kappa shape index (κ2) is 6.20. The average Bonchev–Trinajstić information content (AvgIpc) is 3.34. The van der Waals surface area contributed by atoms with E-state index in [0.29, 0.717) is 13.1 Å². The van der Waals surface area contributed by atoms with E-state index in [1.54, 1.807) is 4.90 Å². The summed E-state index contributed by atoms with van der Waals surface area (Å²) in [6.07, 6.45) is 2.59. The number of halogens is 2. The molecular formula is C16H20F2N2O2. The van der Waals surface area contributed by atoms with Gasteiger partial charge < -0.3 is 9.64 Å². The third-order valence-corrected chi connectivity index (χ3v) is 4.36. The van der Waals surface area contributed by atoms with Crippen LogP contribution >= 0.6 is 0 Å². The Hall–Kier alpha value is -1.69. The van der Waals surface area contributed by atoms with Crippen LogP contribution in [0.4, 0.5) is 8.78 Å². The third-order valence-electron chi connectivity index (χ3n) is 4.36. The van der Waals surface area contributed by atoms with Crippen molar-refractivity contribution in [3.63, 3.8) is 0 Å². The third kappa shape index (κ3) is 3.06. The van der Waals surface area contributed by atoms with Crippen molar-refractivity contribution in [3.8, 4) is 5.75 Å². The summed E-state index contributed by atoms with van der Waals surface area (Å²) in [7, 11) is 1.34. The fourth-order valence-corrected chi connectivity index (χ4v) is 2.86. The molecule has 0 spiro atoms.